The SMILES string of the molecule is C=CCO[C@@H]1C[C@@H]2CN(Cc3cccnc3)CCN2C1. The monoisotopic (exact) mass is 273 g/mol. The highest BCUT2D eigenvalue weighted by atomic mass is 16.5. The normalized spacial score (nSPS) is 27.4. The Balaban J connectivity index is 1.52. The van der Waals surface area contributed by atoms with E-state index >= 15 is 0 Å². The lowest BCUT2D eigenvalue weighted by atomic mass is 10.1. The molecule has 3 rings (SSSR count). The molecule has 0 amide bonds. The van der Waals surface area contributed by atoms with Crippen molar-refractivity contribution >= 4 is 0 Å². The molecule has 2 aliphatic heterocycles. The Morgan fingerprint density at radius 3 is 3.15 bits per heavy atom. The second-order valence-corrected chi connectivity index (χ2v) is 5.72. The van der Waals surface area contributed by atoms with Crippen LogP contribution >= 0.6 is 0 Å². The van der Waals surface area contributed by atoms with E-state index in [1.165, 1.54) is 5.56 Å². The number of fused-ring (bicyclic) bond motifs is 1. The van der Waals surface area contributed by atoms with Crippen LogP contribution in [0.3, 0.4) is 0 Å². The van der Waals surface area contributed by atoms with Crippen molar-refractivity contribution in [1.29, 1.82) is 0 Å². The second-order valence-electron chi connectivity index (χ2n) is 5.72. The molecule has 2 atom stereocenters. The van der Waals surface area contributed by atoms with Gasteiger partial charge in [0.15, 0.2) is 0 Å². The molecule has 0 unspecified atom stereocenters. The van der Waals surface area contributed by atoms with Crippen molar-refractivity contribution < 1.29 is 4.74 Å². The molecule has 1 aromatic rings. The van der Waals surface area contributed by atoms with Crippen molar-refractivity contribution in [3.05, 3.63) is 42.7 Å². The first-order chi connectivity index (χ1) is 9.85. The molecule has 1 aromatic heterocycles. The maximum absolute atomic E-state index is 5.81. The predicted octanol–water partition coefficient (Wildman–Crippen LogP) is 1.54. The summed E-state index contributed by atoms with van der Waals surface area (Å²) in [7, 11) is 0. The van der Waals surface area contributed by atoms with E-state index in [-0.39, 0.29) is 0 Å². The highest BCUT2D eigenvalue weighted by Crippen LogP contribution is 2.24. The van der Waals surface area contributed by atoms with Crippen LogP contribution in [0.2, 0.25) is 0 Å². The lowest BCUT2D eigenvalue weighted by Gasteiger charge is -2.37. The third-order valence-corrected chi connectivity index (χ3v) is 4.24. The average Bonchev–Trinajstić information content (AvgIpc) is 2.88. The largest absolute Gasteiger partial charge is 0.373 e. The van der Waals surface area contributed by atoms with Crippen LogP contribution in [0.4, 0.5) is 0 Å². The van der Waals surface area contributed by atoms with Gasteiger partial charge < -0.3 is 4.74 Å². The first kappa shape index (κ1) is 13.7. The Bertz CT molecular complexity index is 437. The molecular weight excluding hydrogens is 250 g/mol. The van der Waals surface area contributed by atoms with Gasteiger partial charge in [0.1, 0.15) is 0 Å². The first-order valence-electron chi connectivity index (χ1n) is 7.43. The van der Waals surface area contributed by atoms with Crippen LogP contribution in [0.15, 0.2) is 37.2 Å². The maximum atomic E-state index is 5.81. The fourth-order valence-corrected chi connectivity index (χ4v) is 3.28. The first-order valence-corrected chi connectivity index (χ1v) is 7.43. The summed E-state index contributed by atoms with van der Waals surface area (Å²) in [6, 6.07) is 4.82. The summed E-state index contributed by atoms with van der Waals surface area (Å²) in [5.74, 6) is 0. The number of nitrogens with zero attached hydrogens (tertiary/aromatic N) is 3. The van der Waals surface area contributed by atoms with E-state index in [1.807, 2.05) is 24.5 Å². The highest BCUT2D eigenvalue weighted by Gasteiger charge is 2.36. The Labute approximate surface area is 121 Å². The lowest BCUT2D eigenvalue weighted by Crippen LogP contribution is -2.49. The molecule has 0 aliphatic carbocycles. The van der Waals surface area contributed by atoms with Crippen molar-refractivity contribution in [3.63, 3.8) is 0 Å². The van der Waals surface area contributed by atoms with Crippen molar-refractivity contribution in [2.75, 3.05) is 32.8 Å². The molecule has 0 saturated carbocycles. The number of hydrogen-bond acceptors (Lipinski definition) is 4. The van der Waals surface area contributed by atoms with Gasteiger partial charge in [0.05, 0.1) is 12.7 Å². The molecule has 2 saturated heterocycles. The van der Waals surface area contributed by atoms with Gasteiger partial charge in [-0.15, -0.1) is 6.58 Å². The zero-order valence-electron chi connectivity index (χ0n) is 11.9. The lowest BCUT2D eigenvalue weighted by molar-refractivity contribution is 0.0758. The second kappa shape index (κ2) is 6.48. The number of hydrogen-bond donors (Lipinski definition) is 0. The molecule has 0 bridgehead atoms. The number of pyridine rings is 1. The fraction of sp³-hybridized carbons (Fsp3) is 0.562. The molecule has 4 nitrogen and oxygen atoms in total. The number of ether oxygens (including phenoxy) is 1. The smallest absolute Gasteiger partial charge is 0.0721 e. The molecular formula is C16H23N3O. The third-order valence-electron chi connectivity index (χ3n) is 4.24. The molecule has 2 fully saturated rings. The summed E-state index contributed by atoms with van der Waals surface area (Å²) in [5, 5.41) is 0. The van der Waals surface area contributed by atoms with E-state index in [0.717, 1.165) is 39.1 Å². The van der Waals surface area contributed by atoms with Gasteiger partial charge >= 0.3 is 0 Å². The van der Waals surface area contributed by atoms with Crippen LogP contribution in [0, 0.1) is 0 Å². The predicted molar refractivity (Wildman–Crippen MR) is 79.4 cm³/mol. The number of aromatic nitrogens is 1. The molecule has 4 heteroatoms. The fourth-order valence-electron chi connectivity index (χ4n) is 3.28. The Morgan fingerprint density at radius 2 is 2.35 bits per heavy atom. The summed E-state index contributed by atoms with van der Waals surface area (Å²) in [4.78, 5) is 9.31. The van der Waals surface area contributed by atoms with Crippen molar-refractivity contribution in [2.24, 2.45) is 0 Å². The molecule has 0 aromatic carbocycles. The maximum Gasteiger partial charge on any atom is 0.0721 e. The van der Waals surface area contributed by atoms with Crippen LogP contribution in [-0.4, -0.2) is 59.7 Å². The summed E-state index contributed by atoms with van der Waals surface area (Å²) >= 11 is 0. The van der Waals surface area contributed by atoms with E-state index < -0.39 is 0 Å². The Kier molecular flexibility index (Phi) is 4.45. The van der Waals surface area contributed by atoms with Crippen LogP contribution in [-0.2, 0) is 11.3 Å². The van der Waals surface area contributed by atoms with Crippen LogP contribution in [0.25, 0.3) is 0 Å². The van der Waals surface area contributed by atoms with Crippen LogP contribution in [0.1, 0.15) is 12.0 Å². The van der Waals surface area contributed by atoms with Crippen LogP contribution < -0.4 is 0 Å². The average molecular weight is 273 g/mol. The van der Waals surface area contributed by atoms with Gasteiger partial charge in [-0.25, -0.2) is 0 Å². The van der Waals surface area contributed by atoms with Gasteiger partial charge in [-0.3, -0.25) is 14.8 Å². The van der Waals surface area contributed by atoms with E-state index in [4.69, 9.17) is 4.74 Å². The standard InChI is InChI=1S/C16H23N3O/c1-2-8-20-16-9-15-12-18(6-7-19(15)13-16)11-14-4-3-5-17-10-14/h2-5,10,15-16H,1,6-9,11-13H2/t15-,16-/m1/s1. The Hall–Kier alpha value is -1.23. The molecule has 0 radical (unpaired) electrons. The van der Waals surface area contributed by atoms with Gasteiger partial charge in [0.2, 0.25) is 0 Å². The number of piperazine rings is 1. The highest BCUT2D eigenvalue weighted by molar-refractivity contribution is 5.08. The summed E-state index contributed by atoms with van der Waals surface area (Å²) < 4.78 is 5.81. The quantitative estimate of drug-likeness (QED) is 0.761. The molecule has 0 spiro atoms. The van der Waals surface area contributed by atoms with Gasteiger partial charge in [0, 0.05) is 51.2 Å². The van der Waals surface area contributed by atoms with Crippen molar-refractivity contribution in [3.8, 4) is 0 Å². The minimum Gasteiger partial charge on any atom is -0.373 e. The summed E-state index contributed by atoms with van der Waals surface area (Å²) in [5.41, 5.74) is 1.30. The van der Waals surface area contributed by atoms with Gasteiger partial charge in [0.25, 0.3) is 0 Å². The molecule has 20 heavy (non-hydrogen) atoms. The van der Waals surface area contributed by atoms with E-state index in [1.54, 1.807) is 0 Å². The zero-order valence-corrected chi connectivity index (χ0v) is 11.9. The zero-order chi connectivity index (χ0) is 13.8. The minimum absolute atomic E-state index is 0.386. The summed E-state index contributed by atoms with van der Waals surface area (Å²) in [6.07, 6.45) is 7.18. The van der Waals surface area contributed by atoms with Gasteiger partial charge in [-0.2, -0.15) is 0 Å². The molecule has 0 N–H and O–H groups in total. The van der Waals surface area contributed by atoms with E-state index in [0.29, 0.717) is 18.8 Å². The summed E-state index contributed by atoms with van der Waals surface area (Å²) in [6.45, 7) is 9.91. The van der Waals surface area contributed by atoms with Gasteiger partial charge in [-0.05, 0) is 18.1 Å². The van der Waals surface area contributed by atoms with Crippen molar-refractivity contribution in [2.45, 2.75) is 25.1 Å². The minimum atomic E-state index is 0.386. The third kappa shape index (κ3) is 3.26. The van der Waals surface area contributed by atoms with Crippen LogP contribution in [0.5, 0.6) is 0 Å². The molecule has 3 heterocycles. The van der Waals surface area contributed by atoms with E-state index in [2.05, 4.69) is 27.4 Å². The van der Waals surface area contributed by atoms with Gasteiger partial charge in [-0.1, -0.05) is 12.1 Å². The van der Waals surface area contributed by atoms with Crippen molar-refractivity contribution in [1.82, 2.24) is 14.8 Å². The molecule has 2 aliphatic rings. The topological polar surface area (TPSA) is 28.6 Å². The molecule has 108 valence electrons. The Morgan fingerprint density at radius 1 is 1.40 bits per heavy atom. The van der Waals surface area contributed by atoms with E-state index in [9.17, 15) is 0 Å². The number of rotatable bonds is 5.